The number of amides is 4. The Labute approximate surface area is 249 Å². The maximum atomic E-state index is 13.7. The highest BCUT2D eigenvalue weighted by atomic mass is 19.4. The second kappa shape index (κ2) is 11.4. The van der Waals surface area contributed by atoms with Crippen molar-refractivity contribution in [2.75, 3.05) is 20.6 Å². The Kier molecular flexibility index (Phi) is 7.95. The highest BCUT2D eigenvalue weighted by Gasteiger charge is 2.58. The number of imide groups is 1. The number of likely N-dealkylation sites (N-methyl/N-ethyl adjacent to an activating group) is 1. The SMILES string of the molecule is C[C@H](N(Cc1ccc(F)cc1)C(=O)CN1C(=O)O[C@]2(CCc3cc(-c4cnn(CC(=O)N(C)C)c4)ccc32)C1=O)C(F)(F)F. The molecule has 2 atom stereocenters. The lowest BCUT2D eigenvalue weighted by Gasteiger charge is -2.31. The molecule has 0 saturated carbocycles. The maximum Gasteiger partial charge on any atom is 0.418 e. The van der Waals surface area contributed by atoms with E-state index in [0.717, 1.165) is 35.7 Å². The molecule has 2 aliphatic rings. The number of rotatable bonds is 8. The van der Waals surface area contributed by atoms with Crippen LogP contribution in [0.1, 0.15) is 30.0 Å². The molecule has 1 aliphatic carbocycles. The average molecular weight is 616 g/mol. The molecule has 1 fully saturated rings. The third-order valence-electron chi connectivity index (χ3n) is 7.94. The molecular weight excluding hydrogens is 586 g/mol. The van der Waals surface area contributed by atoms with Gasteiger partial charge in [-0.25, -0.2) is 14.1 Å². The van der Waals surface area contributed by atoms with E-state index in [-0.39, 0.29) is 24.4 Å². The van der Waals surface area contributed by atoms with Gasteiger partial charge in [0.15, 0.2) is 0 Å². The maximum absolute atomic E-state index is 13.7. The standard InChI is InChI=1S/C30H29F4N5O5/c1-18(30(32,33)34)38(14-19-4-7-23(31)8-5-19)26(41)17-39-27(42)29(44-28(39)43)11-10-21-12-20(6-9-24(21)29)22-13-35-37(15-22)16-25(40)36(2)3/h4-9,12-13,15,18H,10-11,14,16-17H2,1-3H3/t18-,29-/m0/s1. The summed E-state index contributed by atoms with van der Waals surface area (Å²) >= 11 is 0. The van der Waals surface area contributed by atoms with Crippen LogP contribution in [0.2, 0.25) is 0 Å². The van der Waals surface area contributed by atoms with Crippen molar-refractivity contribution in [3.63, 3.8) is 0 Å². The van der Waals surface area contributed by atoms with Crippen LogP contribution in [0.25, 0.3) is 11.1 Å². The van der Waals surface area contributed by atoms with Gasteiger partial charge in [0.2, 0.25) is 17.4 Å². The van der Waals surface area contributed by atoms with Crippen LogP contribution in [0.4, 0.5) is 22.4 Å². The van der Waals surface area contributed by atoms with E-state index < -0.39 is 54.6 Å². The first-order valence-electron chi connectivity index (χ1n) is 13.7. The number of halogens is 4. The smallest absolute Gasteiger partial charge is 0.418 e. The molecule has 10 nitrogen and oxygen atoms in total. The summed E-state index contributed by atoms with van der Waals surface area (Å²) in [5.41, 5.74) is 1.16. The van der Waals surface area contributed by atoms with Gasteiger partial charge in [0.05, 0.1) is 6.20 Å². The number of ether oxygens (including phenoxy) is 1. The number of nitrogens with zero attached hydrogens (tertiary/aromatic N) is 5. The summed E-state index contributed by atoms with van der Waals surface area (Å²) in [6.45, 7) is -0.627. The van der Waals surface area contributed by atoms with Crippen molar-refractivity contribution in [2.24, 2.45) is 0 Å². The first kappa shape index (κ1) is 30.7. The van der Waals surface area contributed by atoms with Crippen molar-refractivity contribution in [2.45, 2.75) is 50.7 Å². The van der Waals surface area contributed by atoms with Crippen molar-refractivity contribution in [1.82, 2.24) is 24.5 Å². The van der Waals surface area contributed by atoms with Gasteiger partial charge in [-0.05, 0) is 42.2 Å². The Morgan fingerprint density at radius 3 is 2.41 bits per heavy atom. The monoisotopic (exact) mass is 615 g/mol. The molecule has 0 bridgehead atoms. The van der Waals surface area contributed by atoms with Crippen LogP contribution in [0.3, 0.4) is 0 Å². The molecule has 2 aromatic carbocycles. The quantitative estimate of drug-likeness (QED) is 0.357. The lowest BCUT2D eigenvalue weighted by Crippen LogP contribution is -2.51. The third-order valence-corrected chi connectivity index (χ3v) is 7.94. The van der Waals surface area contributed by atoms with Crippen molar-refractivity contribution >= 4 is 23.8 Å². The molecule has 2 heterocycles. The van der Waals surface area contributed by atoms with Gasteiger partial charge in [0, 0.05) is 44.4 Å². The number of hydrogen-bond donors (Lipinski definition) is 0. The van der Waals surface area contributed by atoms with E-state index in [1.807, 2.05) is 6.07 Å². The highest BCUT2D eigenvalue weighted by molar-refractivity contribution is 6.06. The molecule has 232 valence electrons. The van der Waals surface area contributed by atoms with Gasteiger partial charge in [-0.15, -0.1) is 0 Å². The van der Waals surface area contributed by atoms with Gasteiger partial charge >= 0.3 is 12.3 Å². The highest BCUT2D eigenvalue weighted by Crippen LogP contribution is 2.46. The molecule has 1 aliphatic heterocycles. The average Bonchev–Trinajstić information content (AvgIpc) is 3.65. The number of aryl methyl sites for hydroxylation is 1. The predicted octanol–water partition coefficient (Wildman–Crippen LogP) is 3.88. The van der Waals surface area contributed by atoms with Crippen LogP contribution < -0.4 is 0 Å². The largest absolute Gasteiger partial charge is 0.427 e. The predicted molar refractivity (Wildman–Crippen MR) is 147 cm³/mol. The minimum atomic E-state index is -4.80. The van der Waals surface area contributed by atoms with Crippen LogP contribution >= 0.6 is 0 Å². The van der Waals surface area contributed by atoms with Crippen LogP contribution in [0.15, 0.2) is 54.9 Å². The number of benzene rings is 2. The number of fused-ring (bicyclic) bond motifs is 2. The zero-order chi connectivity index (χ0) is 32.0. The summed E-state index contributed by atoms with van der Waals surface area (Å²) in [4.78, 5) is 54.3. The topological polar surface area (TPSA) is 105 Å². The summed E-state index contributed by atoms with van der Waals surface area (Å²) in [6.07, 6.45) is -2.17. The van der Waals surface area contributed by atoms with Crippen LogP contribution in [0.5, 0.6) is 0 Å². The number of carbonyl (C=O) groups is 4. The minimum absolute atomic E-state index is 0.0587. The molecule has 44 heavy (non-hydrogen) atoms. The Balaban J connectivity index is 1.35. The second-order valence-corrected chi connectivity index (χ2v) is 11.0. The van der Waals surface area contributed by atoms with Gasteiger partial charge in [0.25, 0.3) is 5.91 Å². The lowest BCUT2D eigenvalue weighted by molar-refractivity contribution is -0.187. The molecule has 0 unspecified atom stereocenters. The van der Waals surface area contributed by atoms with Crippen molar-refractivity contribution in [3.8, 4) is 11.1 Å². The second-order valence-electron chi connectivity index (χ2n) is 11.0. The Morgan fingerprint density at radius 2 is 1.75 bits per heavy atom. The van der Waals surface area contributed by atoms with Crippen LogP contribution in [-0.2, 0) is 44.2 Å². The van der Waals surface area contributed by atoms with Crippen molar-refractivity contribution in [3.05, 3.63) is 77.4 Å². The fraction of sp³-hybridized carbons (Fsp3) is 0.367. The van der Waals surface area contributed by atoms with E-state index in [4.69, 9.17) is 4.74 Å². The van der Waals surface area contributed by atoms with Gasteiger partial charge in [0.1, 0.15) is 24.9 Å². The van der Waals surface area contributed by atoms with Crippen molar-refractivity contribution in [1.29, 1.82) is 0 Å². The Hall–Kier alpha value is -4.75. The summed E-state index contributed by atoms with van der Waals surface area (Å²) in [6, 6.07) is 7.55. The zero-order valence-electron chi connectivity index (χ0n) is 24.1. The van der Waals surface area contributed by atoms with Crippen LogP contribution in [0, 0.1) is 5.82 Å². The van der Waals surface area contributed by atoms with Gasteiger partial charge in [-0.2, -0.15) is 18.3 Å². The number of hydrogen-bond acceptors (Lipinski definition) is 6. The van der Waals surface area contributed by atoms with E-state index in [1.54, 1.807) is 38.6 Å². The molecule has 1 spiro atoms. The van der Waals surface area contributed by atoms with Gasteiger partial charge in [-0.3, -0.25) is 19.1 Å². The lowest BCUT2D eigenvalue weighted by atomic mass is 9.93. The van der Waals surface area contributed by atoms with E-state index in [1.165, 1.54) is 21.7 Å². The van der Waals surface area contributed by atoms with E-state index >= 15 is 0 Å². The summed E-state index contributed by atoms with van der Waals surface area (Å²) < 4.78 is 61.5. The van der Waals surface area contributed by atoms with Crippen LogP contribution in [-0.4, -0.2) is 81.2 Å². The molecule has 14 heteroatoms. The number of alkyl halides is 3. The molecule has 3 aromatic rings. The zero-order valence-corrected chi connectivity index (χ0v) is 24.1. The van der Waals surface area contributed by atoms with E-state index in [0.29, 0.717) is 21.8 Å². The molecule has 1 saturated heterocycles. The van der Waals surface area contributed by atoms with E-state index in [2.05, 4.69) is 5.10 Å². The van der Waals surface area contributed by atoms with Crippen molar-refractivity contribution < 1.29 is 41.5 Å². The molecule has 0 N–H and O–H groups in total. The molecule has 1 aromatic heterocycles. The summed E-state index contributed by atoms with van der Waals surface area (Å²) in [7, 11) is 3.29. The van der Waals surface area contributed by atoms with E-state index in [9.17, 15) is 36.7 Å². The first-order chi connectivity index (χ1) is 20.7. The fourth-order valence-corrected chi connectivity index (χ4v) is 5.34. The third kappa shape index (κ3) is 5.75. The normalized spacial score (nSPS) is 18.4. The summed E-state index contributed by atoms with van der Waals surface area (Å²) in [5, 5.41) is 4.23. The number of carbonyl (C=O) groups excluding carboxylic acids is 4. The molecular formula is C30H29F4N5O5. The fourth-order valence-electron chi connectivity index (χ4n) is 5.34. The van der Waals surface area contributed by atoms with Gasteiger partial charge < -0.3 is 14.5 Å². The number of aromatic nitrogens is 2. The Morgan fingerprint density at radius 1 is 1.05 bits per heavy atom. The minimum Gasteiger partial charge on any atom is -0.427 e. The molecule has 4 amide bonds. The first-order valence-corrected chi connectivity index (χ1v) is 13.7. The molecule has 5 rings (SSSR count). The van der Waals surface area contributed by atoms with Gasteiger partial charge in [-0.1, -0.05) is 30.3 Å². The Bertz CT molecular complexity index is 1620. The summed E-state index contributed by atoms with van der Waals surface area (Å²) in [5.74, 6) is -2.69. The molecule has 0 radical (unpaired) electrons.